The first-order valence-electron chi connectivity index (χ1n) is 7.95. The zero-order valence-electron chi connectivity index (χ0n) is 14.1. The number of carbonyl (C=O) groups excluding carboxylic acids is 1. The highest BCUT2D eigenvalue weighted by Crippen LogP contribution is 2.23. The molecule has 1 amide bonds. The number of benzene rings is 2. The molecule has 0 radical (unpaired) electrons. The van der Waals surface area contributed by atoms with Gasteiger partial charge in [0.2, 0.25) is 0 Å². The van der Waals surface area contributed by atoms with Crippen molar-refractivity contribution in [3.05, 3.63) is 83.2 Å². The summed E-state index contributed by atoms with van der Waals surface area (Å²) in [4.78, 5) is 23.4. The van der Waals surface area contributed by atoms with E-state index in [0.29, 0.717) is 5.39 Å². The SMILES string of the molecule is C=CCNC(=O)c1ccccc1NS(=O)(=O)c1ccc2oc(=O)ccc2c1. The number of hydrogen-bond donors (Lipinski definition) is 2. The van der Waals surface area contributed by atoms with Gasteiger partial charge in [0.15, 0.2) is 0 Å². The van der Waals surface area contributed by atoms with Crippen LogP contribution >= 0.6 is 0 Å². The molecule has 0 fully saturated rings. The van der Waals surface area contributed by atoms with Gasteiger partial charge in [0, 0.05) is 18.0 Å². The van der Waals surface area contributed by atoms with Crippen LogP contribution in [-0.2, 0) is 10.0 Å². The van der Waals surface area contributed by atoms with E-state index < -0.39 is 21.6 Å². The molecule has 1 aromatic heterocycles. The van der Waals surface area contributed by atoms with Crippen LogP contribution in [0.1, 0.15) is 10.4 Å². The maximum absolute atomic E-state index is 12.7. The topological polar surface area (TPSA) is 105 Å². The second-order valence-electron chi connectivity index (χ2n) is 5.60. The highest BCUT2D eigenvalue weighted by molar-refractivity contribution is 7.92. The lowest BCUT2D eigenvalue weighted by molar-refractivity contribution is 0.0959. The second kappa shape index (κ2) is 7.46. The van der Waals surface area contributed by atoms with E-state index in [1.807, 2.05) is 0 Å². The lowest BCUT2D eigenvalue weighted by atomic mass is 10.1. The van der Waals surface area contributed by atoms with Gasteiger partial charge < -0.3 is 9.73 Å². The van der Waals surface area contributed by atoms with Gasteiger partial charge >= 0.3 is 5.63 Å². The summed E-state index contributed by atoms with van der Waals surface area (Å²) >= 11 is 0. The lowest BCUT2D eigenvalue weighted by Gasteiger charge is -2.12. The van der Waals surface area contributed by atoms with Crippen LogP contribution in [0.25, 0.3) is 11.0 Å². The van der Waals surface area contributed by atoms with E-state index in [0.717, 1.165) is 0 Å². The number of para-hydroxylation sites is 1. The second-order valence-corrected chi connectivity index (χ2v) is 7.29. The van der Waals surface area contributed by atoms with E-state index >= 15 is 0 Å². The Bertz CT molecular complexity index is 1180. The molecule has 2 aromatic carbocycles. The van der Waals surface area contributed by atoms with Crippen molar-refractivity contribution in [2.75, 3.05) is 11.3 Å². The number of sulfonamides is 1. The molecule has 0 saturated carbocycles. The van der Waals surface area contributed by atoms with Crippen LogP contribution < -0.4 is 15.7 Å². The van der Waals surface area contributed by atoms with Gasteiger partial charge in [-0.1, -0.05) is 18.2 Å². The third-order valence-electron chi connectivity index (χ3n) is 3.72. The lowest BCUT2D eigenvalue weighted by Crippen LogP contribution is -2.25. The minimum atomic E-state index is -3.96. The number of amides is 1. The molecule has 0 spiro atoms. The van der Waals surface area contributed by atoms with Crippen molar-refractivity contribution < 1.29 is 17.6 Å². The van der Waals surface area contributed by atoms with Gasteiger partial charge in [-0.2, -0.15) is 0 Å². The standard InChI is InChI=1S/C19H16N2O5S/c1-2-11-20-19(23)15-5-3-4-6-16(15)21-27(24,25)14-8-9-17-13(12-14)7-10-18(22)26-17/h2-10,12,21H,1,11H2,(H,20,23). The maximum Gasteiger partial charge on any atom is 0.336 e. The average molecular weight is 384 g/mol. The number of hydrogen-bond acceptors (Lipinski definition) is 5. The van der Waals surface area contributed by atoms with Gasteiger partial charge in [0.1, 0.15) is 5.58 Å². The normalized spacial score (nSPS) is 11.1. The minimum absolute atomic E-state index is 0.0230. The van der Waals surface area contributed by atoms with Crippen molar-refractivity contribution in [3.63, 3.8) is 0 Å². The van der Waals surface area contributed by atoms with Gasteiger partial charge in [0.25, 0.3) is 15.9 Å². The molecule has 0 aliphatic heterocycles. The van der Waals surface area contributed by atoms with E-state index in [2.05, 4.69) is 16.6 Å². The predicted molar refractivity (Wildman–Crippen MR) is 102 cm³/mol. The van der Waals surface area contributed by atoms with Crippen molar-refractivity contribution in [1.82, 2.24) is 5.32 Å². The average Bonchev–Trinajstić information content (AvgIpc) is 2.65. The first kappa shape index (κ1) is 18.4. The zero-order chi connectivity index (χ0) is 19.4. The predicted octanol–water partition coefficient (Wildman–Crippen LogP) is 2.51. The first-order chi connectivity index (χ1) is 12.9. The summed E-state index contributed by atoms with van der Waals surface area (Å²) in [5, 5.41) is 3.08. The van der Waals surface area contributed by atoms with Crippen molar-refractivity contribution in [2.45, 2.75) is 4.90 Å². The van der Waals surface area contributed by atoms with Crippen LogP contribution in [0.5, 0.6) is 0 Å². The third-order valence-corrected chi connectivity index (χ3v) is 5.09. The third kappa shape index (κ3) is 4.06. The largest absolute Gasteiger partial charge is 0.423 e. The van der Waals surface area contributed by atoms with E-state index in [9.17, 15) is 18.0 Å². The quantitative estimate of drug-likeness (QED) is 0.502. The molecule has 138 valence electrons. The summed E-state index contributed by atoms with van der Waals surface area (Å²) in [7, 11) is -3.96. The Balaban J connectivity index is 1.95. The summed E-state index contributed by atoms with van der Waals surface area (Å²) in [5.41, 5.74) is 0.106. The number of rotatable bonds is 6. The fourth-order valence-corrected chi connectivity index (χ4v) is 3.57. The van der Waals surface area contributed by atoms with Crippen molar-refractivity contribution in [3.8, 4) is 0 Å². The summed E-state index contributed by atoms with van der Waals surface area (Å²) in [6.45, 7) is 3.78. The van der Waals surface area contributed by atoms with Crippen molar-refractivity contribution >= 4 is 32.6 Å². The van der Waals surface area contributed by atoms with Crippen LogP contribution in [0.2, 0.25) is 0 Å². The molecule has 0 atom stereocenters. The zero-order valence-corrected chi connectivity index (χ0v) is 15.0. The summed E-state index contributed by atoms with van der Waals surface area (Å²) in [6, 6.07) is 13.1. The fourth-order valence-electron chi connectivity index (χ4n) is 2.45. The monoisotopic (exact) mass is 384 g/mol. The molecule has 2 N–H and O–H groups in total. The van der Waals surface area contributed by atoms with Crippen LogP contribution in [0.4, 0.5) is 5.69 Å². The highest BCUT2D eigenvalue weighted by Gasteiger charge is 2.19. The molecular weight excluding hydrogens is 368 g/mol. The number of fused-ring (bicyclic) bond motifs is 1. The molecular formula is C19H16N2O5S. The molecule has 8 heteroatoms. The van der Waals surface area contributed by atoms with Crippen LogP contribution in [0.3, 0.4) is 0 Å². The Morgan fingerprint density at radius 1 is 1.11 bits per heavy atom. The Labute approximate surface area is 155 Å². The maximum atomic E-state index is 12.7. The molecule has 0 unspecified atom stereocenters. The van der Waals surface area contributed by atoms with Crippen LogP contribution in [0, 0.1) is 0 Å². The molecule has 0 aliphatic rings. The van der Waals surface area contributed by atoms with Crippen LogP contribution in [-0.4, -0.2) is 20.9 Å². The number of carbonyl (C=O) groups is 1. The molecule has 3 rings (SSSR count). The summed E-state index contributed by atoms with van der Waals surface area (Å²) in [6.07, 6.45) is 1.53. The molecule has 1 heterocycles. The van der Waals surface area contributed by atoms with Gasteiger partial charge in [0.05, 0.1) is 16.1 Å². The number of anilines is 1. The molecule has 0 saturated heterocycles. The van der Waals surface area contributed by atoms with E-state index in [4.69, 9.17) is 4.42 Å². The number of nitrogens with one attached hydrogen (secondary N) is 2. The van der Waals surface area contributed by atoms with E-state index in [-0.39, 0.29) is 28.3 Å². The molecule has 3 aromatic rings. The van der Waals surface area contributed by atoms with Gasteiger partial charge in [-0.05, 0) is 36.4 Å². The Kier molecular flexibility index (Phi) is 5.09. The van der Waals surface area contributed by atoms with E-state index in [1.54, 1.807) is 12.1 Å². The van der Waals surface area contributed by atoms with Gasteiger partial charge in [-0.25, -0.2) is 13.2 Å². The Morgan fingerprint density at radius 3 is 2.67 bits per heavy atom. The van der Waals surface area contributed by atoms with Gasteiger partial charge in [-0.15, -0.1) is 6.58 Å². The van der Waals surface area contributed by atoms with E-state index in [1.165, 1.54) is 48.5 Å². The first-order valence-corrected chi connectivity index (χ1v) is 9.44. The molecule has 7 nitrogen and oxygen atoms in total. The van der Waals surface area contributed by atoms with Crippen molar-refractivity contribution in [1.29, 1.82) is 0 Å². The summed E-state index contributed by atoms with van der Waals surface area (Å²) < 4.78 is 32.9. The molecule has 0 bridgehead atoms. The van der Waals surface area contributed by atoms with Gasteiger partial charge in [-0.3, -0.25) is 9.52 Å². The molecule has 27 heavy (non-hydrogen) atoms. The highest BCUT2D eigenvalue weighted by atomic mass is 32.2. The molecule has 0 aliphatic carbocycles. The fraction of sp³-hybridized carbons (Fsp3) is 0.0526. The smallest absolute Gasteiger partial charge is 0.336 e. The minimum Gasteiger partial charge on any atom is -0.423 e. The Hall–Kier alpha value is -3.39. The van der Waals surface area contributed by atoms with Crippen molar-refractivity contribution in [2.24, 2.45) is 0 Å². The summed E-state index contributed by atoms with van der Waals surface area (Å²) in [5.74, 6) is -0.423. The van der Waals surface area contributed by atoms with Crippen LogP contribution in [0.15, 0.2) is 81.4 Å². The Morgan fingerprint density at radius 2 is 1.89 bits per heavy atom.